The molecule has 28 heavy (non-hydrogen) atoms. The average Bonchev–Trinajstić information content (AvgIpc) is 2.94. The Kier molecular flexibility index (Phi) is 4.38. The molecular formula is C22H21N3O3. The van der Waals surface area contributed by atoms with Crippen LogP contribution < -0.4 is 5.32 Å². The molecule has 2 unspecified atom stereocenters. The highest BCUT2D eigenvalue weighted by atomic mass is 16.4. The van der Waals surface area contributed by atoms with Gasteiger partial charge in [-0.15, -0.1) is 0 Å². The van der Waals surface area contributed by atoms with Gasteiger partial charge in [-0.2, -0.15) is 5.26 Å². The van der Waals surface area contributed by atoms with Crippen LogP contribution in [0.15, 0.2) is 46.1 Å². The minimum atomic E-state index is -1.10. The van der Waals surface area contributed by atoms with Gasteiger partial charge < -0.3 is 10.4 Å². The Bertz CT molecular complexity index is 1020. The lowest BCUT2D eigenvalue weighted by atomic mass is 9.74. The van der Waals surface area contributed by atoms with Gasteiger partial charge in [-0.1, -0.05) is 19.9 Å². The Balaban J connectivity index is 1.75. The van der Waals surface area contributed by atoms with Crippen LogP contribution in [0.1, 0.15) is 54.1 Å². The number of rotatable bonds is 3. The number of carboxylic acid groups (broad SMARTS) is 1. The zero-order valence-corrected chi connectivity index (χ0v) is 15.8. The van der Waals surface area contributed by atoms with Crippen molar-refractivity contribution < 1.29 is 14.7 Å². The number of nitriles is 1. The zero-order chi connectivity index (χ0) is 20.0. The van der Waals surface area contributed by atoms with Crippen molar-refractivity contribution in [3.8, 4) is 6.07 Å². The number of hydrogen-bond donors (Lipinski definition) is 2. The largest absolute Gasteiger partial charge is 0.478 e. The second-order valence-electron chi connectivity index (χ2n) is 7.87. The molecule has 6 heteroatoms. The molecule has 2 N–H and O–H groups in total. The smallest absolute Gasteiger partial charge is 0.337 e. The van der Waals surface area contributed by atoms with Crippen molar-refractivity contribution in [2.24, 2.45) is 16.8 Å². The summed E-state index contributed by atoms with van der Waals surface area (Å²) in [6, 6.07) is 6.99. The first-order chi connectivity index (χ1) is 13.4. The second kappa shape index (κ2) is 6.75. The molecule has 142 valence electrons. The van der Waals surface area contributed by atoms with Crippen molar-refractivity contribution >= 4 is 17.6 Å². The summed E-state index contributed by atoms with van der Waals surface area (Å²) in [6.07, 6.45) is 3.19. The van der Waals surface area contributed by atoms with Crippen molar-refractivity contribution in [2.75, 3.05) is 6.54 Å². The van der Waals surface area contributed by atoms with E-state index in [2.05, 4.69) is 19.2 Å². The summed E-state index contributed by atoms with van der Waals surface area (Å²) in [5.74, 6) is -0.719. The van der Waals surface area contributed by atoms with Gasteiger partial charge in [-0.3, -0.25) is 9.79 Å². The van der Waals surface area contributed by atoms with Crippen LogP contribution in [0.4, 0.5) is 0 Å². The maximum atomic E-state index is 12.2. The van der Waals surface area contributed by atoms with Crippen molar-refractivity contribution in [1.29, 1.82) is 5.26 Å². The predicted octanol–water partition coefficient (Wildman–Crippen LogP) is 3.17. The summed E-state index contributed by atoms with van der Waals surface area (Å²) in [6.45, 7) is 4.71. The summed E-state index contributed by atoms with van der Waals surface area (Å²) < 4.78 is 0. The number of carboxylic acids is 1. The van der Waals surface area contributed by atoms with E-state index in [1.54, 1.807) is 18.2 Å². The van der Waals surface area contributed by atoms with Crippen molar-refractivity contribution in [3.05, 3.63) is 57.8 Å². The van der Waals surface area contributed by atoms with Gasteiger partial charge in [0.05, 0.1) is 16.8 Å². The van der Waals surface area contributed by atoms with Gasteiger partial charge in [-0.25, -0.2) is 4.79 Å². The molecular weight excluding hydrogens is 354 g/mol. The Morgan fingerprint density at radius 2 is 2.14 bits per heavy atom. The normalized spacial score (nSPS) is 23.4. The third kappa shape index (κ3) is 2.93. The van der Waals surface area contributed by atoms with Gasteiger partial charge in [0.15, 0.2) is 0 Å². The molecule has 0 spiro atoms. The minimum absolute atomic E-state index is 0.0346. The molecule has 0 saturated carbocycles. The van der Waals surface area contributed by atoms with Crippen LogP contribution in [-0.2, 0) is 4.79 Å². The van der Waals surface area contributed by atoms with Crippen LogP contribution in [0.2, 0.25) is 0 Å². The van der Waals surface area contributed by atoms with E-state index in [-0.39, 0.29) is 34.8 Å². The van der Waals surface area contributed by atoms with Crippen LogP contribution in [0.3, 0.4) is 0 Å². The molecule has 4 rings (SSSR count). The van der Waals surface area contributed by atoms with E-state index in [0.717, 1.165) is 29.0 Å². The number of carbonyl (C=O) groups excluding carboxylic acids is 1. The topological polar surface area (TPSA) is 103 Å². The molecule has 2 heterocycles. The van der Waals surface area contributed by atoms with Crippen molar-refractivity contribution in [3.63, 3.8) is 0 Å². The summed E-state index contributed by atoms with van der Waals surface area (Å²) >= 11 is 0. The van der Waals surface area contributed by atoms with E-state index in [4.69, 9.17) is 10.3 Å². The van der Waals surface area contributed by atoms with Gasteiger partial charge in [0, 0.05) is 29.8 Å². The van der Waals surface area contributed by atoms with E-state index in [0.29, 0.717) is 13.0 Å². The van der Waals surface area contributed by atoms with Gasteiger partial charge in [0.25, 0.3) is 0 Å². The number of amides is 1. The average molecular weight is 375 g/mol. The highest BCUT2D eigenvalue weighted by molar-refractivity contribution is 6.12. The molecule has 2 atom stereocenters. The van der Waals surface area contributed by atoms with E-state index in [1.165, 1.54) is 5.57 Å². The van der Waals surface area contributed by atoms with Crippen molar-refractivity contribution in [1.82, 2.24) is 5.32 Å². The van der Waals surface area contributed by atoms with E-state index >= 15 is 0 Å². The summed E-state index contributed by atoms with van der Waals surface area (Å²) in [5.41, 5.74) is 5.21. The van der Waals surface area contributed by atoms with Crippen LogP contribution in [0.5, 0.6) is 0 Å². The van der Waals surface area contributed by atoms with Gasteiger partial charge in [0.1, 0.15) is 6.07 Å². The Morgan fingerprint density at radius 1 is 1.36 bits per heavy atom. The molecule has 1 amide bonds. The van der Waals surface area contributed by atoms with Crippen LogP contribution >= 0.6 is 0 Å². The van der Waals surface area contributed by atoms with E-state index < -0.39 is 5.97 Å². The molecule has 0 fully saturated rings. The number of nitrogens with zero attached hydrogens (tertiary/aromatic N) is 2. The first kappa shape index (κ1) is 18.2. The van der Waals surface area contributed by atoms with Gasteiger partial charge in [-0.05, 0) is 47.9 Å². The van der Waals surface area contributed by atoms with Crippen LogP contribution in [-0.4, -0.2) is 29.2 Å². The number of nitrogens with one attached hydrogen (secondary N) is 1. The molecule has 1 aliphatic carbocycles. The molecule has 1 aromatic carbocycles. The summed E-state index contributed by atoms with van der Waals surface area (Å²) in [7, 11) is 0. The lowest BCUT2D eigenvalue weighted by Gasteiger charge is -2.30. The molecule has 0 bridgehead atoms. The number of carbonyl (C=O) groups is 2. The SMILES string of the molecule is CC(C)C1=NC2=C3C1=CC(=O)NCC3CC(c1ccc(C#N)c(C(=O)O)c1)C2. The lowest BCUT2D eigenvalue weighted by Crippen LogP contribution is -2.29. The first-order valence-electron chi connectivity index (χ1n) is 9.48. The standard InChI is InChI=1S/C22H21N3O3/c1-11(2)21-17-8-19(26)24-10-15-5-14(7-18(25-21)20(15)17)12-3-4-13(9-23)16(6-12)22(27)28/h3-4,6,8,11,14-15H,5,7,10H2,1-2H3,(H,24,26)(H,27,28). The number of hydrogen-bond acceptors (Lipinski definition) is 4. The molecule has 0 radical (unpaired) electrons. The Hall–Kier alpha value is -3.20. The predicted molar refractivity (Wildman–Crippen MR) is 104 cm³/mol. The zero-order valence-electron chi connectivity index (χ0n) is 15.8. The third-order valence-corrected chi connectivity index (χ3v) is 5.76. The molecule has 3 aliphatic rings. The fraction of sp³-hybridized carbons (Fsp3) is 0.364. The maximum Gasteiger partial charge on any atom is 0.337 e. The van der Waals surface area contributed by atoms with E-state index in [1.807, 2.05) is 12.1 Å². The molecule has 1 aromatic rings. The second-order valence-corrected chi connectivity index (χ2v) is 7.87. The quantitative estimate of drug-likeness (QED) is 0.847. The van der Waals surface area contributed by atoms with Crippen LogP contribution in [0.25, 0.3) is 0 Å². The number of aromatic carboxylic acids is 1. The highest BCUT2D eigenvalue weighted by Crippen LogP contribution is 2.47. The Labute approximate surface area is 163 Å². The monoisotopic (exact) mass is 375 g/mol. The fourth-order valence-corrected chi connectivity index (χ4v) is 4.48. The fourth-order valence-electron chi connectivity index (χ4n) is 4.48. The first-order valence-corrected chi connectivity index (χ1v) is 9.48. The lowest BCUT2D eigenvalue weighted by molar-refractivity contribution is -0.116. The molecule has 0 saturated heterocycles. The van der Waals surface area contributed by atoms with Gasteiger partial charge >= 0.3 is 5.97 Å². The van der Waals surface area contributed by atoms with Crippen molar-refractivity contribution in [2.45, 2.75) is 32.6 Å². The number of benzene rings is 1. The maximum absolute atomic E-state index is 12.2. The van der Waals surface area contributed by atoms with Crippen LogP contribution in [0, 0.1) is 23.2 Å². The molecule has 6 nitrogen and oxygen atoms in total. The molecule has 0 aromatic heterocycles. The molecule has 2 aliphatic heterocycles. The summed E-state index contributed by atoms with van der Waals surface area (Å²) in [5, 5.41) is 21.6. The summed E-state index contributed by atoms with van der Waals surface area (Å²) in [4.78, 5) is 28.6. The highest BCUT2D eigenvalue weighted by Gasteiger charge is 2.39. The van der Waals surface area contributed by atoms with Gasteiger partial charge in [0.2, 0.25) is 5.91 Å². The number of aliphatic imine (C=N–C) groups is 1. The number of allylic oxidation sites excluding steroid dienone is 2. The Morgan fingerprint density at radius 3 is 2.82 bits per heavy atom. The van der Waals surface area contributed by atoms with E-state index in [9.17, 15) is 14.7 Å². The third-order valence-electron chi connectivity index (χ3n) is 5.76. The minimum Gasteiger partial charge on any atom is -0.478 e.